The van der Waals surface area contributed by atoms with Crippen LogP contribution in [0.15, 0.2) is 46.4 Å². The fourth-order valence-electron chi connectivity index (χ4n) is 3.13. The van der Waals surface area contributed by atoms with Crippen molar-refractivity contribution in [2.75, 3.05) is 0 Å². The molecule has 0 atom stereocenters. The monoisotopic (exact) mass is 362 g/mol. The van der Waals surface area contributed by atoms with Gasteiger partial charge in [-0.25, -0.2) is 0 Å². The highest BCUT2D eigenvalue weighted by atomic mass is 14.7. The third kappa shape index (κ3) is 4.94. The first-order valence-corrected chi connectivity index (χ1v) is 9.46. The summed E-state index contributed by atoms with van der Waals surface area (Å²) in [6, 6.07) is 13.2. The van der Waals surface area contributed by atoms with Gasteiger partial charge < -0.3 is 0 Å². The maximum absolute atomic E-state index is 4.35. The zero-order chi connectivity index (χ0) is 18.9. The Balaban J connectivity index is 0.000000187. The van der Waals surface area contributed by atoms with E-state index in [0.29, 0.717) is 0 Å². The van der Waals surface area contributed by atoms with Gasteiger partial charge in [0, 0.05) is 25.3 Å². The second-order valence-corrected chi connectivity index (χ2v) is 9.22. The summed E-state index contributed by atoms with van der Waals surface area (Å²) in [7, 11) is 0. The number of nitrogens with zero attached hydrogens (tertiary/aromatic N) is 2. The Morgan fingerprint density at radius 1 is 0.630 bits per heavy atom. The Bertz CT molecular complexity index is 785. The Morgan fingerprint density at radius 2 is 1.00 bits per heavy atom. The van der Waals surface area contributed by atoms with Crippen molar-refractivity contribution in [3.05, 3.63) is 58.7 Å². The topological polar surface area (TPSA) is 24.7 Å². The van der Waals surface area contributed by atoms with E-state index in [0.717, 1.165) is 24.2 Å². The standard InChI is InChI=1S/2C12H15N.CH4/c2*1-12(2,3)10-5-4-9-6-7-13-11(9)8-10;/h2*4-5,7-8H,6H2,1-3H3;1H4. The Kier molecular flexibility index (Phi) is 6.09. The molecule has 0 radical (unpaired) electrons. The summed E-state index contributed by atoms with van der Waals surface area (Å²) in [6.07, 6.45) is 5.97. The molecule has 0 amide bonds. The molecule has 0 aliphatic carbocycles. The van der Waals surface area contributed by atoms with Gasteiger partial charge in [0.2, 0.25) is 0 Å². The second-order valence-electron chi connectivity index (χ2n) is 9.22. The maximum atomic E-state index is 4.35. The van der Waals surface area contributed by atoms with E-state index in [1.54, 1.807) is 0 Å². The highest BCUT2D eigenvalue weighted by molar-refractivity contribution is 5.76. The lowest BCUT2D eigenvalue weighted by atomic mass is 9.86. The summed E-state index contributed by atoms with van der Waals surface area (Å²) in [4.78, 5) is 8.70. The van der Waals surface area contributed by atoms with E-state index in [1.807, 2.05) is 12.4 Å². The zero-order valence-corrected chi connectivity index (χ0v) is 16.9. The summed E-state index contributed by atoms with van der Waals surface area (Å²) >= 11 is 0. The molecule has 0 unspecified atom stereocenters. The van der Waals surface area contributed by atoms with Gasteiger partial charge in [-0.3, -0.25) is 9.98 Å². The fourth-order valence-corrected chi connectivity index (χ4v) is 3.13. The summed E-state index contributed by atoms with van der Waals surface area (Å²) in [5.41, 5.74) is 8.22. The Morgan fingerprint density at radius 3 is 1.33 bits per heavy atom. The van der Waals surface area contributed by atoms with Gasteiger partial charge in [0.1, 0.15) is 0 Å². The number of aliphatic imine (C=N–C) groups is 2. The van der Waals surface area contributed by atoms with E-state index >= 15 is 0 Å². The molecule has 0 fully saturated rings. The molecular formula is C25H34N2. The molecule has 0 saturated carbocycles. The SMILES string of the molecule is C.CC(C)(C)c1ccc2c(c1)N=CC2.CC(C)(C)c1ccc2c(c1)N=CC2. The second kappa shape index (κ2) is 7.80. The van der Waals surface area contributed by atoms with Crippen molar-refractivity contribution in [3.8, 4) is 0 Å². The van der Waals surface area contributed by atoms with E-state index in [2.05, 4.69) is 87.9 Å². The summed E-state index contributed by atoms with van der Waals surface area (Å²) < 4.78 is 0. The Hall–Kier alpha value is -2.22. The van der Waals surface area contributed by atoms with Crippen molar-refractivity contribution in [2.45, 2.75) is 72.6 Å². The third-order valence-electron chi connectivity index (χ3n) is 4.99. The normalized spacial score (nSPS) is 14.1. The van der Waals surface area contributed by atoms with Crippen LogP contribution in [0.5, 0.6) is 0 Å². The van der Waals surface area contributed by atoms with E-state index in [9.17, 15) is 0 Å². The molecule has 2 nitrogen and oxygen atoms in total. The van der Waals surface area contributed by atoms with Gasteiger partial charge in [0.05, 0.1) is 11.4 Å². The van der Waals surface area contributed by atoms with Crippen LogP contribution < -0.4 is 0 Å². The number of rotatable bonds is 0. The summed E-state index contributed by atoms with van der Waals surface area (Å²) in [5.74, 6) is 0. The number of hydrogen-bond acceptors (Lipinski definition) is 2. The van der Waals surface area contributed by atoms with Gasteiger partial charge in [-0.05, 0) is 45.2 Å². The third-order valence-corrected chi connectivity index (χ3v) is 4.99. The molecular weight excluding hydrogens is 328 g/mol. The van der Waals surface area contributed by atoms with Gasteiger partial charge >= 0.3 is 0 Å². The van der Waals surface area contributed by atoms with Crippen LogP contribution in [0.2, 0.25) is 0 Å². The lowest BCUT2D eigenvalue weighted by Crippen LogP contribution is -2.10. The van der Waals surface area contributed by atoms with Crippen molar-refractivity contribution < 1.29 is 0 Å². The van der Waals surface area contributed by atoms with Crippen LogP contribution in [-0.2, 0) is 23.7 Å². The average molecular weight is 363 g/mol. The van der Waals surface area contributed by atoms with E-state index in [-0.39, 0.29) is 18.3 Å². The highest BCUT2D eigenvalue weighted by Gasteiger charge is 2.17. The quantitative estimate of drug-likeness (QED) is 0.476. The molecule has 2 aromatic carbocycles. The van der Waals surface area contributed by atoms with Crippen molar-refractivity contribution >= 4 is 23.8 Å². The van der Waals surface area contributed by atoms with Crippen LogP contribution in [0.1, 0.15) is 71.2 Å². The molecule has 144 valence electrons. The molecule has 4 rings (SSSR count). The van der Waals surface area contributed by atoms with Crippen LogP contribution in [0.3, 0.4) is 0 Å². The highest BCUT2D eigenvalue weighted by Crippen LogP contribution is 2.31. The first kappa shape index (κ1) is 21.1. The molecule has 2 heteroatoms. The minimum Gasteiger partial charge on any atom is -0.261 e. The molecule has 0 aromatic heterocycles. The molecule has 0 N–H and O–H groups in total. The minimum absolute atomic E-state index is 0. The molecule has 2 aliphatic rings. The summed E-state index contributed by atoms with van der Waals surface area (Å²) in [6.45, 7) is 13.4. The fraction of sp³-hybridized carbons (Fsp3) is 0.440. The van der Waals surface area contributed by atoms with Gasteiger partial charge in [-0.1, -0.05) is 73.2 Å². The first-order chi connectivity index (χ1) is 12.1. The molecule has 0 saturated heterocycles. The number of fused-ring (bicyclic) bond motifs is 2. The molecule has 0 bridgehead atoms. The van der Waals surface area contributed by atoms with Gasteiger partial charge in [-0.2, -0.15) is 0 Å². The van der Waals surface area contributed by atoms with Crippen LogP contribution >= 0.6 is 0 Å². The van der Waals surface area contributed by atoms with Gasteiger partial charge in [0.15, 0.2) is 0 Å². The van der Waals surface area contributed by atoms with Crippen molar-refractivity contribution in [3.63, 3.8) is 0 Å². The minimum atomic E-state index is 0. The van der Waals surface area contributed by atoms with Crippen molar-refractivity contribution in [1.82, 2.24) is 0 Å². The van der Waals surface area contributed by atoms with Crippen LogP contribution in [-0.4, -0.2) is 12.4 Å². The van der Waals surface area contributed by atoms with E-state index < -0.39 is 0 Å². The van der Waals surface area contributed by atoms with Crippen LogP contribution in [0.25, 0.3) is 0 Å². The lowest BCUT2D eigenvalue weighted by Gasteiger charge is -2.19. The molecule has 2 heterocycles. The Labute approximate surface area is 165 Å². The zero-order valence-electron chi connectivity index (χ0n) is 16.9. The smallest absolute Gasteiger partial charge is 0.0664 e. The predicted octanol–water partition coefficient (Wildman–Crippen LogP) is 7.12. The maximum Gasteiger partial charge on any atom is 0.0664 e. The predicted molar refractivity (Wildman–Crippen MR) is 121 cm³/mol. The van der Waals surface area contributed by atoms with Crippen molar-refractivity contribution in [2.24, 2.45) is 9.98 Å². The average Bonchev–Trinajstić information content (AvgIpc) is 3.21. The van der Waals surface area contributed by atoms with Gasteiger partial charge in [0.25, 0.3) is 0 Å². The van der Waals surface area contributed by atoms with Gasteiger partial charge in [-0.15, -0.1) is 0 Å². The molecule has 2 aliphatic heterocycles. The number of benzene rings is 2. The van der Waals surface area contributed by atoms with Crippen LogP contribution in [0, 0.1) is 0 Å². The largest absolute Gasteiger partial charge is 0.261 e. The van der Waals surface area contributed by atoms with E-state index in [4.69, 9.17) is 0 Å². The van der Waals surface area contributed by atoms with Crippen molar-refractivity contribution in [1.29, 1.82) is 0 Å². The first-order valence-electron chi connectivity index (χ1n) is 9.46. The molecule has 27 heavy (non-hydrogen) atoms. The van der Waals surface area contributed by atoms with Crippen LogP contribution in [0.4, 0.5) is 11.4 Å². The molecule has 0 spiro atoms. The van der Waals surface area contributed by atoms with E-state index in [1.165, 1.54) is 22.3 Å². The lowest BCUT2D eigenvalue weighted by molar-refractivity contribution is 0.590. The number of hydrogen-bond donors (Lipinski definition) is 0. The molecule has 2 aromatic rings. The summed E-state index contributed by atoms with van der Waals surface area (Å²) in [5, 5.41) is 0.